The minimum Gasteiger partial charge on any atom is -0.435 e. The summed E-state index contributed by atoms with van der Waals surface area (Å²) >= 11 is 0. The maximum atomic E-state index is 14.0. The molecule has 1 amide bonds. The van der Waals surface area contributed by atoms with Crippen LogP contribution in [-0.2, 0) is 6.54 Å². The van der Waals surface area contributed by atoms with Crippen molar-refractivity contribution in [2.75, 3.05) is 5.32 Å². The Morgan fingerprint density at radius 1 is 1.08 bits per heavy atom. The van der Waals surface area contributed by atoms with Gasteiger partial charge >= 0.3 is 12.4 Å². The summed E-state index contributed by atoms with van der Waals surface area (Å²) in [7, 11) is 0. The number of alkyl halides is 2. The molecule has 3 aromatic carbocycles. The van der Waals surface area contributed by atoms with E-state index in [0.717, 1.165) is 0 Å². The number of hydrogen-bond acceptors (Lipinski definition) is 6. The van der Waals surface area contributed by atoms with Crippen LogP contribution in [0, 0.1) is 5.82 Å². The van der Waals surface area contributed by atoms with Crippen LogP contribution in [0.3, 0.4) is 0 Å². The van der Waals surface area contributed by atoms with Crippen molar-refractivity contribution in [3.8, 4) is 17.1 Å². The highest BCUT2D eigenvalue weighted by molar-refractivity contribution is 6.11. The van der Waals surface area contributed by atoms with E-state index in [-0.39, 0.29) is 23.8 Å². The van der Waals surface area contributed by atoms with Gasteiger partial charge in [-0.05, 0) is 60.2 Å². The summed E-state index contributed by atoms with van der Waals surface area (Å²) in [5, 5.41) is 11.0. The summed E-state index contributed by atoms with van der Waals surface area (Å²) < 4.78 is 49.1. The number of aromatic amines is 1. The van der Waals surface area contributed by atoms with E-state index >= 15 is 0 Å². The van der Waals surface area contributed by atoms with Crippen LogP contribution in [0.25, 0.3) is 22.3 Å². The monoisotopic (exact) mass is 495 g/mol. The van der Waals surface area contributed by atoms with Crippen molar-refractivity contribution in [2.24, 2.45) is 0 Å². The highest BCUT2D eigenvalue weighted by atomic mass is 19.3. The Bertz CT molecular complexity index is 1590. The smallest absolute Gasteiger partial charge is 0.435 e. The topological polar surface area (TPSA) is 115 Å². The number of benzene rings is 3. The molecule has 0 saturated heterocycles. The van der Waals surface area contributed by atoms with Gasteiger partial charge in [-0.15, -0.1) is 0 Å². The molecule has 2 aromatic heterocycles. The Hall–Kier alpha value is -4.87. The van der Waals surface area contributed by atoms with Gasteiger partial charge in [-0.2, -0.15) is 13.9 Å². The molecule has 0 bridgehead atoms. The van der Waals surface area contributed by atoms with Crippen LogP contribution >= 0.6 is 0 Å². The zero-order chi connectivity index (χ0) is 25.2. The van der Waals surface area contributed by atoms with Gasteiger partial charge in [0.05, 0.1) is 12.1 Å². The van der Waals surface area contributed by atoms with Crippen molar-refractivity contribution >= 4 is 22.5 Å². The number of hydrogen-bond donors (Lipinski definition) is 2. The van der Waals surface area contributed by atoms with E-state index in [1.807, 2.05) is 0 Å². The van der Waals surface area contributed by atoms with Crippen LogP contribution in [-0.4, -0.2) is 32.4 Å². The minimum atomic E-state index is -2.93. The first-order chi connectivity index (χ1) is 17.4. The van der Waals surface area contributed by atoms with E-state index in [2.05, 4.69) is 29.8 Å². The molecule has 0 aliphatic rings. The van der Waals surface area contributed by atoms with Gasteiger partial charge in [-0.1, -0.05) is 17.3 Å². The first-order valence-corrected chi connectivity index (χ1v) is 10.5. The molecule has 9 nitrogen and oxygen atoms in total. The summed E-state index contributed by atoms with van der Waals surface area (Å²) in [5.74, 6) is -1.52. The van der Waals surface area contributed by atoms with Gasteiger partial charge < -0.3 is 10.1 Å². The lowest BCUT2D eigenvalue weighted by atomic mass is 10.1. The third-order valence-electron chi connectivity index (χ3n) is 5.26. The molecule has 0 atom stereocenters. The molecule has 12 heteroatoms. The maximum Gasteiger partial charge on any atom is 0.439 e. The third-order valence-corrected chi connectivity index (χ3v) is 5.26. The van der Waals surface area contributed by atoms with E-state index < -0.39 is 24.1 Å². The molecule has 0 radical (unpaired) electrons. The van der Waals surface area contributed by atoms with E-state index in [1.54, 1.807) is 36.4 Å². The summed E-state index contributed by atoms with van der Waals surface area (Å²) in [6.45, 7) is -2.72. The predicted molar refractivity (Wildman–Crippen MR) is 122 cm³/mol. The fraction of sp³-hybridized carbons (Fsp3) is 0.0833. The third kappa shape index (κ3) is 4.82. The number of ether oxygens (including phenoxy) is 1. The molecule has 2 N–H and O–H groups in total. The second-order valence-corrected chi connectivity index (χ2v) is 7.67. The number of fused-ring (bicyclic) bond motifs is 1. The number of nitrogens with one attached hydrogen (secondary N) is 2. The fourth-order valence-electron chi connectivity index (χ4n) is 3.64. The normalized spacial score (nSPS) is 11.2. The Morgan fingerprint density at radius 3 is 2.50 bits per heavy atom. The van der Waals surface area contributed by atoms with Gasteiger partial charge in [-0.3, -0.25) is 19.0 Å². The molecule has 36 heavy (non-hydrogen) atoms. The van der Waals surface area contributed by atoms with Crippen molar-refractivity contribution < 1.29 is 27.2 Å². The van der Waals surface area contributed by atoms with E-state index in [0.29, 0.717) is 27.7 Å². The zero-order valence-corrected chi connectivity index (χ0v) is 18.2. The van der Waals surface area contributed by atoms with Crippen molar-refractivity contribution in [3.63, 3.8) is 0 Å². The van der Waals surface area contributed by atoms with Crippen molar-refractivity contribution in [3.05, 3.63) is 94.4 Å². The quantitative estimate of drug-likeness (QED) is 0.346. The molecule has 0 aliphatic heterocycles. The minimum absolute atomic E-state index is 0.00654. The van der Waals surface area contributed by atoms with Crippen LogP contribution in [0.15, 0.2) is 76.0 Å². The average molecular weight is 495 g/mol. The SMILES string of the molecule is O=C(Nc1ccc(-c2noc(=O)[nH]2)cc1)c1nn(Cc2ccc(OC(F)F)cc2)c2ccc(F)cc12. The number of amides is 1. The predicted octanol–water partition coefficient (Wildman–Crippen LogP) is 4.42. The molecule has 2 heterocycles. The second-order valence-electron chi connectivity index (χ2n) is 7.67. The number of halogens is 3. The van der Waals surface area contributed by atoms with Crippen LogP contribution in [0.5, 0.6) is 5.75 Å². The Kier molecular flexibility index (Phi) is 5.98. The van der Waals surface area contributed by atoms with Crippen molar-refractivity contribution in [2.45, 2.75) is 13.2 Å². The highest BCUT2D eigenvalue weighted by Gasteiger charge is 2.19. The lowest BCUT2D eigenvalue weighted by Crippen LogP contribution is -2.14. The summed E-state index contributed by atoms with van der Waals surface area (Å²) in [5.41, 5.74) is 2.23. The van der Waals surface area contributed by atoms with Gasteiger partial charge in [0.15, 0.2) is 11.5 Å². The van der Waals surface area contributed by atoms with E-state index in [4.69, 9.17) is 0 Å². The van der Waals surface area contributed by atoms with Crippen molar-refractivity contribution in [1.29, 1.82) is 0 Å². The van der Waals surface area contributed by atoms with E-state index in [1.165, 1.54) is 35.0 Å². The first kappa shape index (κ1) is 22.9. The number of anilines is 1. The average Bonchev–Trinajstić information content (AvgIpc) is 3.44. The number of H-pyrrole nitrogens is 1. The first-order valence-electron chi connectivity index (χ1n) is 10.5. The summed E-state index contributed by atoms with van der Waals surface area (Å²) in [6.07, 6.45) is 0. The van der Waals surface area contributed by atoms with Gasteiger partial charge in [0.2, 0.25) is 0 Å². The molecule has 0 fully saturated rings. The molecule has 182 valence electrons. The second kappa shape index (κ2) is 9.41. The molecule has 0 spiro atoms. The fourth-order valence-corrected chi connectivity index (χ4v) is 3.64. The highest BCUT2D eigenvalue weighted by Crippen LogP contribution is 2.24. The number of aromatic nitrogens is 4. The van der Waals surface area contributed by atoms with Gasteiger partial charge in [-0.25, -0.2) is 9.18 Å². The van der Waals surface area contributed by atoms with Crippen LogP contribution in [0.4, 0.5) is 18.9 Å². The number of nitrogens with zero attached hydrogens (tertiary/aromatic N) is 3. The Morgan fingerprint density at radius 2 is 1.83 bits per heavy atom. The van der Waals surface area contributed by atoms with E-state index in [9.17, 15) is 22.8 Å². The number of carbonyl (C=O) groups excluding carboxylic acids is 1. The van der Waals surface area contributed by atoms with Gasteiger partial charge in [0.25, 0.3) is 5.91 Å². The molecule has 0 unspecified atom stereocenters. The zero-order valence-electron chi connectivity index (χ0n) is 18.2. The largest absolute Gasteiger partial charge is 0.439 e. The summed E-state index contributed by atoms with van der Waals surface area (Å²) in [6, 6.07) is 16.4. The van der Waals surface area contributed by atoms with Crippen molar-refractivity contribution in [1.82, 2.24) is 19.9 Å². The molecule has 5 aromatic rings. The standard InChI is InChI=1S/C24H16F3N5O4/c25-15-5-10-19-18(11-15)20(30-32(19)12-13-1-8-17(9-2-13)35-23(26)27)22(33)28-16-6-3-14(4-7-16)21-29-24(34)36-31-21/h1-11,23H,12H2,(H,28,33)(H,29,31,34). The molecule has 0 saturated carbocycles. The maximum absolute atomic E-state index is 14.0. The Labute approximate surface area is 200 Å². The molecular formula is C24H16F3N5O4. The lowest BCUT2D eigenvalue weighted by Gasteiger charge is -2.07. The van der Waals surface area contributed by atoms with Crippen LogP contribution < -0.4 is 15.8 Å². The molecule has 0 aliphatic carbocycles. The van der Waals surface area contributed by atoms with Gasteiger partial charge in [0, 0.05) is 16.6 Å². The number of carbonyl (C=O) groups is 1. The molecule has 5 rings (SSSR count). The summed E-state index contributed by atoms with van der Waals surface area (Å²) in [4.78, 5) is 26.6. The number of rotatable bonds is 7. The van der Waals surface area contributed by atoms with Crippen LogP contribution in [0.1, 0.15) is 16.1 Å². The molecular weight excluding hydrogens is 479 g/mol. The Balaban J connectivity index is 1.39. The lowest BCUT2D eigenvalue weighted by molar-refractivity contribution is -0.0498. The van der Waals surface area contributed by atoms with Gasteiger partial charge in [0.1, 0.15) is 11.6 Å². The van der Waals surface area contributed by atoms with Crippen LogP contribution in [0.2, 0.25) is 0 Å².